The van der Waals surface area contributed by atoms with Crippen molar-refractivity contribution in [3.8, 4) is 11.5 Å². The predicted octanol–water partition coefficient (Wildman–Crippen LogP) is 6.28. The van der Waals surface area contributed by atoms with Crippen LogP contribution in [0.15, 0.2) is 66.3 Å². The van der Waals surface area contributed by atoms with Crippen molar-refractivity contribution in [3.05, 3.63) is 87.5 Å². The zero-order valence-electron chi connectivity index (χ0n) is 18.8. The number of anilines is 2. The molecule has 0 atom stereocenters. The largest absolute Gasteiger partial charge is 0.493 e. The SMILES string of the molecule is COc1cc2ncnc(Nc3ccc(CS(=O)(=O)/C=C/c4ccc(Cl)cc4Cl)cc3)c2cc1OC. The van der Waals surface area contributed by atoms with Gasteiger partial charge < -0.3 is 14.8 Å². The molecule has 0 saturated heterocycles. The number of fused-ring (bicyclic) bond motifs is 1. The molecule has 0 aliphatic rings. The molecule has 1 aromatic heterocycles. The van der Waals surface area contributed by atoms with Gasteiger partial charge in [0.05, 0.1) is 25.5 Å². The minimum absolute atomic E-state index is 0.150. The van der Waals surface area contributed by atoms with E-state index in [-0.39, 0.29) is 5.75 Å². The van der Waals surface area contributed by atoms with Crippen molar-refractivity contribution in [1.82, 2.24) is 9.97 Å². The third kappa shape index (κ3) is 6.03. The second-order valence-corrected chi connectivity index (χ2v) is 10.3. The van der Waals surface area contributed by atoms with Crippen molar-refractivity contribution in [2.75, 3.05) is 19.5 Å². The van der Waals surface area contributed by atoms with Crippen LogP contribution in [0, 0.1) is 0 Å². The van der Waals surface area contributed by atoms with Crippen molar-refractivity contribution in [2.45, 2.75) is 5.75 Å². The average Bonchev–Trinajstić information content (AvgIpc) is 2.84. The maximum Gasteiger partial charge on any atom is 0.175 e. The molecule has 1 N–H and O–H groups in total. The lowest BCUT2D eigenvalue weighted by Gasteiger charge is -2.12. The van der Waals surface area contributed by atoms with Crippen LogP contribution in [0.1, 0.15) is 11.1 Å². The van der Waals surface area contributed by atoms with Gasteiger partial charge in [0.1, 0.15) is 12.1 Å². The molecule has 0 radical (unpaired) electrons. The van der Waals surface area contributed by atoms with Gasteiger partial charge in [0.25, 0.3) is 0 Å². The van der Waals surface area contributed by atoms with E-state index in [1.54, 1.807) is 68.8 Å². The molecule has 0 amide bonds. The Labute approximate surface area is 213 Å². The molecule has 4 aromatic rings. The normalized spacial score (nSPS) is 11.7. The van der Waals surface area contributed by atoms with E-state index in [2.05, 4.69) is 15.3 Å². The molecular formula is C25H21Cl2N3O4S. The molecule has 0 aliphatic heterocycles. The van der Waals surface area contributed by atoms with E-state index in [9.17, 15) is 8.42 Å². The number of hydrogen-bond acceptors (Lipinski definition) is 7. The Bertz CT molecular complexity index is 1510. The molecule has 3 aromatic carbocycles. The second-order valence-electron chi connectivity index (χ2n) is 7.54. The Hall–Kier alpha value is -3.33. The van der Waals surface area contributed by atoms with E-state index in [0.717, 1.165) is 16.5 Å². The fourth-order valence-electron chi connectivity index (χ4n) is 3.40. The Morgan fingerprint density at radius 2 is 1.66 bits per heavy atom. The minimum Gasteiger partial charge on any atom is -0.493 e. The van der Waals surface area contributed by atoms with E-state index in [4.69, 9.17) is 32.7 Å². The first kappa shape index (κ1) is 24.8. The Balaban J connectivity index is 1.50. The Kier molecular flexibility index (Phi) is 7.45. The highest BCUT2D eigenvalue weighted by atomic mass is 35.5. The lowest BCUT2D eigenvalue weighted by Crippen LogP contribution is -2.01. The van der Waals surface area contributed by atoms with E-state index >= 15 is 0 Å². The molecule has 4 rings (SSSR count). The molecule has 0 spiro atoms. The van der Waals surface area contributed by atoms with Crippen molar-refractivity contribution < 1.29 is 17.9 Å². The van der Waals surface area contributed by atoms with Gasteiger partial charge in [0.2, 0.25) is 0 Å². The van der Waals surface area contributed by atoms with Crippen LogP contribution in [0.4, 0.5) is 11.5 Å². The van der Waals surface area contributed by atoms with Crippen LogP contribution in [0.3, 0.4) is 0 Å². The molecule has 0 aliphatic carbocycles. The van der Waals surface area contributed by atoms with Crippen LogP contribution in [0.2, 0.25) is 10.0 Å². The summed E-state index contributed by atoms with van der Waals surface area (Å²) >= 11 is 12.0. The van der Waals surface area contributed by atoms with Crippen LogP contribution in [-0.4, -0.2) is 32.6 Å². The van der Waals surface area contributed by atoms with Gasteiger partial charge in [-0.25, -0.2) is 18.4 Å². The summed E-state index contributed by atoms with van der Waals surface area (Å²) in [6.45, 7) is 0. The lowest BCUT2D eigenvalue weighted by molar-refractivity contribution is 0.356. The van der Waals surface area contributed by atoms with Crippen LogP contribution < -0.4 is 14.8 Å². The number of ether oxygens (including phenoxy) is 2. The number of nitrogens with one attached hydrogen (secondary N) is 1. The van der Waals surface area contributed by atoms with E-state index < -0.39 is 9.84 Å². The number of sulfone groups is 1. The number of aromatic nitrogens is 2. The fourth-order valence-corrected chi connectivity index (χ4v) is 4.98. The van der Waals surface area contributed by atoms with Crippen molar-refractivity contribution in [3.63, 3.8) is 0 Å². The summed E-state index contributed by atoms with van der Waals surface area (Å²) in [6.07, 6.45) is 2.92. The van der Waals surface area contributed by atoms with E-state index in [1.807, 2.05) is 0 Å². The van der Waals surface area contributed by atoms with Gasteiger partial charge in [-0.15, -0.1) is 0 Å². The lowest BCUT2D eigenvalue weighted by atomic mass is 10.2. The van der Waals surface area contributed by atoms with E-state index in [1.165, 1.54) is 12.4 Å². The fraction of sp³-hybridized carbons (Fsp3) is 0.120. The number of rotatable bonds is 8. The van der Waals surface area contributed by atoms with Gasteiger partial charge in [-0.05, 0) is 47.5 Å². The zero-order chi connectivity index (χ0) is 25.0. The highest BCUT2D eigenvalue weighted by molar-refractivity contribution is 7.93. The second kappa shape index (κ2) is 10.5. The molecule has 0 unspecified atom stereocenters. The third-order valence-electron chi connectivity index (χ3n) is 5.14. The Morgan fingerprint density at radius 3 is 2.34 bits per heavy atom. The van der Waals surface area contributed by atoms with Gasteiger partial charge >= 0.3 is 0 Å². The summed E-state index contributed by atoms with van der Waals surface area (Å²) < 4.78 is 35.9. The smallest absolute Gasteiger partial charge is 0.175 e. The van der Waals surface area contributed by atoms with Crippen LogP contribution in [-0.2, 0) is 15.6 Å². The molecule has 10 heteroatoms. The average molecular weight is 530 g/mol. The molecule has 180 valence electrons. The van der Waals surface area contributed by atoms with E-state index in [0.29, 0.717) is 44.0 Å². The number of methoxy groups -OCH3 is 2. The molecule has 7 nitrogen and oxygen atoms in total. The maximum atomic E-state index is 12.6. The molecule has 0 fully saturated rings. The number of halogens is 2. The standard InChI is InChI=1S/C25H21Cl2N3O4S/c1-33-23-12-20-22(13-24(23)34-2)28-15-29-25(20)30-19-7-3-16(4-8-19)14-35(31,32)10-9-17-5-6-18(26)11-21(17)27/h3-13,15H,14H2,1-2H3,(H,28,29,30)/b10-9+. The summed E-state index contributed by atoms with van der Waals surface area (Å²) in [5.74, 6) is 1.57. The highest BCUT2D eigenvalue weighted by Crippen LogP contribution is 2.34. The molecule has 1 heterocycles. The first-order chi connectivity index (χ1) is 16.8. The van der Waals surface area contributed by atoms with Gasteiger partial charge in [-0.2, -0.15) is 0 Å². The highest BCUT2D eigenvalue weighted by Gasteiger charge is 2.12. The number of nitrogens with zero attached hydrogens (tertiary/aromatic N) is 2. The van der Waals surface area contributed by atoms with Crippen LogP contribution in [0.5, 0.6) is 11.5 Å². The molecule has 0 saturated carbocycles. The quantitative estimate of drug-likeness (QED) is 0.287. The summed E-state index contributed by atoms with van der Waals surface area (Å²) in [5, 5.41) is 6.02. The van der Waals surface area contributed by atoms with Gasteiger partial charge in [-0.1, -0.05) is 41.4 Å². The monoisotopic (exact) mass is 529 g/mol. The van der Waals surface area contributed by atoms with Gasteiger partial charge in [-0.3, -0.25) is 0 Å². The zero-order valence-corrected chi connectivity index (χ0v) is 21.2. The summed E-state index contributed by atoms with van der Waals surface area (Å²) in [6, 6.07) is 15.5. The van der Waals surface area contributed by atoms with Crippen molar-refractivity contribution in [1.29, 1.82) is 0 Å². The van der Waals surface area contributed by atoms with Crippen LogP contribution in [0.25, 0.3) is 17.0 Å². The minimum atomic E-state index is -3.51. The number of hydrogen-bond donors (Lipinski definition) is 1. The summed E-state index contributed by atoms with van der Waals surface area (Å²) in [7, 11) is -0.388. The first-order valence-corrected chi connectivity index (χ1v) is 12.8. The molecular weight excluding hydrogens is 509 g/mol. The van der Waals surface area contributed by atoms with Crippen molar-refractivity contribution >= 4 is 61.5 Å². The number of benzene rings is 3. The topological polar surface area (TPSA) is 90.4 Å². The van der Waals surface area contributed by atoms with Crippen molar-refractivity contribution in [2.24, 2.45) is 0 Å². The maximum absolute atomic E-state index is 12.6. The Morgan fingerprint density at radius 1 is 0.943 bits per heavy atom. The van der Waals surface area contributed by atoms with Gasteiger partial charge in [0.15, 0.2) is 21.3 Å². The summed E-state index contributed by atoms with van der Waals surface area (Å²) in [5.41, 5.74) is 2.65. The van der Waals surface area contributed by atoms with Gasteiger partial charge in [0, 0.05) is 32.6 Å². The summed E-state index contributed by atoms with van der Waals surface area (Å²) in [4.78, 5) is 8.63. The third-order valence-corrected chi connectivity index (χ3v) is 6.99. The molecule has 0 bridgehead atoms. The predicted molar refractivity (Wildman–Crippen MR) is 140 cm³/mol. The first-order valence-electron chi connectivity index (χ1n) is 10.4. The van der Waals surface area contributed by atoms with Crippen LogP contribution >= 0.6 is 23.2 Å². The molecule has 35 heavy (non-hydrogen) atoms.